The zero-order valence-electron chi connectivity index (χ0n) is 11.5. The van der Waals surface area contributed by atoms with Gasteiger partial charge < -0.3 is 10.4 Å². The smallest absolute Gasteiger partial charge is 0.0896 e. The summed E-state index contributed by atoms with van der Waals surface area (Å²) in [5, 5.41) is 15.8. The van der Waals surface area contributed by atoms with Crippen molar-refractivity contribution in [2.24, 2.45) is 17.8 Å². The van der Waals surface area contributed by atoms with Gasteiger partial charge in [-0.15, -0.1) is 11.3 Å². The summed E-state index contributed by atoms with van der Waals surface area (Å²) in [7, 11) is 0. The lowest BCUT2D eigenvalue weighted by Gasteiger charge is -2.23. The molecule has 0 spiro atoms. The molecule has 3 heteroatoms. The lowest BCUT2D eigenvalue weighted by molar-refractivity contribution is 0.156. The molecule has 0 aromatic carbocycles. The summed E-state index contributed by atoms with van der Waals surface area (Å²) < 4.78 is 0. The highest BCUT2D eigenvalue weighted by Gasteiger charge is 2.35. The van der Waals surface area contributed by atoms with Crippen LogP contribution in [0.3, 0.4) is 0 Å². The molecule has 5 atom stereocenters. The van der Waals surface area contributed by atoms with Crippen molar-refractivity contribution in [3.05, 3.63) is 34.5 Å². The van der Waals surface area contributed by atoms with E-state index in [1.165, 1.54) is 12.8 Å². The van der Waals surface area contributed by atoms with E-state index >= 15 is 0 Å². The van der Waals surface area contributed by atoms with E-state index in [0.717, 1.165) is 35.6 Å². The molecule has 2 N–H and O–H groups in total. The van der Waals surface area contributed by atoms with Crippen LogP contribution >= 0.6 is 11.3 Å². The number of aliphatic hydroxyl groups excluding tert-OH is 1. The Morgan fingerprint density at radius 3 is 2.95 bits per heavy atom. The normalized spacial score (nSPS) is 31.8. The molecule has 0 saturated heterocycles. The Morgan fingerprint density at radius 1 is 1.42 bits per heavy atom. The van der Waals surface area contributed by atoms with Crippen LogP contribution in [0.15, 0.2) is 29.7 Å². The fourth-order valence-corrected chi connectivity index (χ4v) is 4.22. The van der Waals surface area contributed by atoms with Crippen molar-refractivity contribution < 1.29 is 5.11 Å². The molecule has 1 heterocycles. The molecule has 0 aliphatic heterocycles. The van der Waals surface area contributed by atoms with Gasteiger partial charge in [0.2, 0.25) is 0 Å². The zero-order chi connectivity index (χ0) is 13.2. The van der Waals surface area contributed by atoms with Crippen molar-refractivity contribution in [2.45, 2.75) is 38.3 Å². The summed E-state index contributed by atoms with van der Waals surface area (Å²) in [6.45, 7) is 3.28. The molecular formula is C16H23NOS. The Bertz CT molecular complexity index is 428. The van der Waals surface area contributed by atoms with E-state index in [1.807, 2.05) is 17.5 Å². The summed E-state index contributed by atoms with van der Waals surface area (Å²) in [5.74, 6) is 2.48. The molecule has 1 aromatic heterocycles. The maximum atomic E-state index is 10.1. The van der Waals surface area contributed by atoms with Crippen molar-refractivity contribution in [3.63, 3.8) is 0 Å². The molecule has 1 aromatic rings. The van der Waals surface area contributed by atoms with Gasteiger partial charge in [0.1, 0.15) is 0 Å². The topological polar surface area (TPSA) is 32.3 Å². The highest BCUT2D eigenvalue weighted by Crippen LogP contribution is 2.43. The van der Waals surface area contributed by atoms with Gasteiger partial charge in [0.25, 0.3) is 0 Å². The van der Waals surface area contributed by atoms with E-state index in [-0.39, 0.29) is 6.10 Å². The Balaban J connectivity index is 1.42. The molecule has 104 valence electrons. The predicted molar refractivity (Wildman–Crippen MR) is 80.2 cm³/mol. The average Bonchev–Trinajstić information content (AvgIpc) is 3.12. The molecule has 3 rings (SSSR count). The van der Waals surface area contributed by atoms with Gasteiger partial charge >= 0.3 is 0 Å². The highest BCUT2D eigenvalue weighted by molar-refractivity contribution is 7.10. The fourth-order valence-electron chi connectivity index (χ4n) is 3.50. The summed E-state index contributed by atoms with van der Waals surface area (Å²) in [5.41, 5.74) is 0. The number of hydrogen-bond donors (Lipinski definition) is 2. The predicted octanol–water partition coefficient (Wildman–Crippen LogP) is 3.36. The van der Waals surface area contributed by atoms with Crippen molar-refractivity contribution in [1.29, 1.82) is 0 Å². The van der Waals surface area contributed by atoms with E-state index in [4.69, 9.17) is 0 Å². The van der Waals surface area contributed by atoms with Gasteiger partial charge in [-0.05, 0) is 61.9 Å². The van der Waals surface area contributed by atoms with Crippen molar-refractivity contribution >= 4 is 11.3 Å². The van der Waals surface area contributed by atoms with Crippen LogP contribution in [-0.4, -0.2) is 17.7 Å². The second kappa shape index (κ2) is 5.78. The SMILES string of the molecule is CC(CC(O)c1cccs1)NCC1CC2C=CC1C2. The molecule has 19 heavy (non-hydrogen) atoms. The van der Waals surface area contributed by atoms with Crippen molar-refractivity contribution in [1.82, 2.24) is 5.32 Å². The Labute approximate surface area is 119 Å². The summed E-state index contributed by atoms with van der Waals surface area (Å²) in [4.78, 5) is 1.08. The summed E-state index contributed by atoms with van der Waals surface area (Å²) >= 11 is 1.64. The highest BCUT2D eigenvalue weighted by atomic mass is 32.1. The van der Waals surface area contributed by atoms with Gasteiger partial charge in [-0.3, -0.25) is 0 Å². The third-order valence-corrected chi connectivity index (χ3v) is 5.57. The third-order valence-electron chi connectivity index (χ3n) is 4.59. The molecule has 2 aliphatic carbocycles. The van der Waals surface area contributed by atoms with Crippen molar-refractivity contribution in [2.75, 3.05) is 6.54 Å². The molecule has 5 unspecified atom stereocenters. The van der Waals surface area contributed by atoms with Gasteiger partial charge in [-0.2, -0.15) is 0 Å². The lowest BCUT2D eigenvalue weighted by Crippen LogP contribution is -2.33. The number of aliphatic hydroxyl groups is 1. The maximum absolute atomic E-state index is 10.1. The quantitative estimate of drug-likeness (QED) is 0.782. The second-order valence-corrected chi connectivity index (χ2v) is 7.10. The molecule has 2 aliphatic rings. The monoisotopic (exact) mass is 277 g/mol. The van der Waals surface area contributed by atoms with E-state index in [0.29, 0.717) is 6.04 Å². The minimum Gasteiger partial charge on any atom is -0.388 e. The lowest BCUT2D eigenvalue weighted by atomic mass is 9.93. The van der Waals surface area contributed by atoms with E-state index in [1.54, 1.807) is 11.3 Å². The van der Waals surface area contributed by atoms with E-state index < -0.39 is 0 Å². The second-order valence-electron chi connectivity index (χ2n) is 6.12. The molecule has 0 amide bonds. The molecule has 0 radical (unpaired) electrons. The first kappa shape index (κ1) is 13.3. The van der Waals surface area contributed by atoms with Crippen LogP contribution in [-0.2, 0) is 0 Å². The largest absolute Gasteiger partial charge is 0.388 e. The zero-order valence-corrected chi connectivity index (χ0v) is 12.3. The van der Waals surface area contributed by atoms with Crippen LogP contribution in [0, 0.1) is 17.8 Å². The van der Waals surface area contributed by atoms with Crippen LogP contribution in [0.25, 0.3) is 0 Å². The Morgan fingerprint density at radius 2 is 2.32 bits per heavy atom. The van der Waals surface area contributed by atoms with Crippen LogP contribution in [0.2, 0.25) is 0 Å². The van der Waals surface area contributed by atoms with E-state index in [2.05, 4.69) is 24.4 Å². The van der Waals surface area contributed by atoms with Crippen LogP contribution in [0.4, 0.5) is 0 Å². The molecular weight excluding hydrogens is 254 g/mol. The third kappa shape index (κ3) is 3.10. The Kier molecular flexibility index (Phi) is 4.06. The molecule has 1 fully saturated rings. The number of thiophene rings is 1. The summed E-state index contributed by atoms with van der Waals surface area (Å²) in [6.07, 6.45) is 8.02. The summed E-state index contributed by atoms with van der Waals surface area (Å²) in [6, 6.07) is 4.39. The number of hydrogen-bond acceptors (Lipinski definition) is 3. The first-order chi connectivity index (χ1) is 9.22. The van der Waals surface area contributed by atoms with Crippen LogP contribution in [0.5, 0.6) is 0 Å². The van der Waals surface area contributed by atoms with Crippen LogP contribution < -0.4 is 5.32 Å². The van der Waals surface area contributed by atoms with Gasteiger partial charge in [0.15, 0.2) is 0 Å². The molecule has 1 saturated carbocycles. The number of rotatable bonds is 6. The van der Waals surface area contributed by atoms with Gasteiger partial charge in [-0.25, -0.2) is 0 Å². The minimum absolute atomic E-state index is 0.317. The van der Waals surface area contributed by atoms with E-state index in [9.17, 15) is 5.11 Å². The molecule has 2 bridgehead atoms. The number of allylic oxidation sites excluding steroid dienone is 2. The first-order valence-electron chi connectivity index (χ1n) is 7.35. The fraction of sp³-hybridized carbons (Fsp3) is 0.625. The van der Waals surface area contributed by atoms with Gasteiger partial charge in [0.05, 0.1) is 6.10 Å². The van der Waals surface area contributed by atoms with Gasteiger partial charge in [-0.1, -0.05) is 18.2 Å². The standard InChI is InChI=1S/C16H23NOS/c1-11(7-15(18)16-3-2-6-19-16)17-10-14-9-12-4-5-13(14)8-12/h2-6,11-15,17-18H,7-10H2,1H3. The minimum atomic E-state index is -0.317. The number of nitrogens with one attached hydrogen (secondary N) is 1. The van der Waals surface area contributed by atoms with Crippen molar-refractivity contribution in [3.8, 4) is 0 Å². The Hall–Kier alpha value is -0.640. The molecule has 2 nitrogen and oxygen atoms in total. The maximum Gasteiger partial charge on any atom is 0.0896 e. The van der Waals surface area contributed by atoms with Gasteiger partial charge in [0, 0.05) is 10.9 Å². The average molecular weight is 277 g/mol. The van der Waals surface area contributed by atoms with Crippen LogP contribution in [0.1, 0.15) is 37.2 Å². The first-order valence-corrected chi connectivity index (χ1v) is 8.23. The number of fused-ring (bicyclic) bond motifs is 2.